The Balaban J connectivity index is 1.94. The molecular formula is C12H16OS2. The number of carbonyl (C=O) groups is 1. The Labute approximate surface area is 99.3 Å². The molecule has 0 radical (unpaired) electrons. The van der Waals surface area contributed by atoms with Crippen LogP contribution < -0.4 is 0 Å². The lowest BCUT2D eigenvalue weighted by molar-refractivity contribution is 0.0958. The third-order valence-electron chi connectivity index (χ3n) is 2.97. The minimum Gasteiger partial charge on any atom is -0.294 e. The Morgan fingerprint density at radius 1 is 1.47 bits per heavy atom. The van der Waals surface area contributed by atoms with Gasteiger partial charge in [0.05, 0.1) is 0 Å². The van der Waals surface area contributed by atoms with Gasteiger partial charge >= 0.3 is 0 Å². The highest BCUT2D eigenvalue weighted by molar-refractivity contribution is 7.99. The van der Waals surface area contributed by atoms with Crippen molar-refractivity contribution >= 4 is 28.9 Å². The van der Waals surface area contributed by atoms with Gasteiger partial charge in [-0.3, -0.25) is 4.79 Å². The van der Waals surface area contributed by atoms with Crippen molar-refractivity contribution < 1.29 is 4.79 Å². The monoisotopic (exact) mass is 240 g/mol. The first-order valence-corrected chi connectivity index (χ1v) is 7.46. The third-order valence-corrected chi connectivity index (χ3v) is 4.87. The number of aryl methyl sites for hydroxylation is 1. The molecule has 82 valence electrons. The van der Waals surface area contributed by atoms with Gasteiger partial charge in [-0.2, -0.15) is 11.8 Å². The number of thioether (sulfide) groups is 1. The van der Waals surface area contributed by atoms with E-state index in [-0.39, 0.29) is 0 Å². The second-order valence-electron chi connectivity index (χ2n) is 4.07. The van der Waals surface area contributed by atoms with Crippen LogP contribution in [0.5, 0.6) is 0 Å². The second kappa shape index (κ2) is 5.17. The summed E-state index contributed by atoms with van der Waals surface area (Å²) in [5.74, 6) is 3.46. The van der Waals surface area contributed by atoms with Gasteiger partial charge in [0.2, 0.25) is 0 Å². The molecule has 0 saturated carbocycles. The Morgan fingerprint density at radius 3 is 2.80 bits per heavy atom. The molecule has 1 fully saturated rings. The fraction of sp³-hybridized carbons (Fsp3) is 0.583. The van der Waals surface area contributed by atoms with Gasteiger partial charge in [-0.05, 0) is 48.6 Å². The van der Waals surface area contributed by atoms with Crippen LogP contribution in [-0.4, -0.2) is 17.3 Å². The average molecular weight is 240 g/mol. The SMILES string of the molecule is Cc1sccc1C(=O)CC1CCSCC1. The molecule has 0 atom stereocenters. The standard InChI is InChI=1S/C12H16OS2/c1-9-11(4-7-15-9)12(13)8-10-2-5-14-6-3-10/h4,7,10H,2-3,5-6,8H2,1H3. The van der Waals surface area contributed by atoms with Gasteiger partial charge in [-0.15, -0.1) is 11.3 Å². The van der Waals surface area contributed by atoms with Crippen molar-refractivity contribution in [2.24, 2.45) is 5.92 Å². The molecule has 0 aromatic carbocycles. The summed E-state index contributed by atoms with van der Waals surface area (Å²) in [6.07, 6.45) is 3.21. The van der Waals surface area contributed by atoms with Crippen LogP contribution in [0.3, 0.4) is 0 Å². The van der Waals surface area contributed by atoms with E-state index in [0.29, 0.717) is 11.7 Å². The zero-order chi connectivity index (χ0) is 10.7. The van der Waals surface area contributed by atoms with Gasteiger partial charge in [-0.25, -0.2) is 0 Å². The normalized spacial score (nSPS) is 17.9. The summed E-state index contributed by atoms with van der Waals surface area (Å²) in [5.41, 5.74) is 0.957. The molecule has 0 amide bonds. The number of rotatable bonds is 3. The minimum atomic E-state index is 0.352. The van der Waals surface area contributed by atoms with Crippen molar-refractivity contribution in [1.82, 2.24) is 0 Å². The van der Waals surface area contributed by atoms with E-state index in [4.69, 9.17) is 0 Å². The van der Waals surface area contributed by atoms with Crippen LogP contribution in [0.2, 0.25) is 0 Å². The van der Waals surface area contributed by atoms with E-state index in [9.17, 15) is 4.79 Å². The van der Waals surface area contributed by atoms with E-state index in [1.54, 1.807) is 11.3 Å². The van der Waals surface area contributed by atoms with Crippen molar-refractivity contribution in [3.8, 4) is 0 Å². The van der Waals surface area contributed by atoms with Gasteiger partial charge in [0, 0.05) is 16.9 Å². The number of thiophene rings is 1. The maximum atomic E-state index is 12.0. The summed E-state index contributed by atoms with van der Waals surface area (Å²) in [6.45, 7) is 2.04. The summed E-state index contributed by atoms with van der Waals surface area (Å²) in [6, 6.07) is 1.97. The summed E-state index contributed by atoms with van der Waals surface area (Å²) < 4.78 is 0. The van der Waals surface area contributed by atoms with Crippen LogP contribution in [0.1, 0.15) is 34.5 Å². The molecule has 1 aliphatic heterocycles. The summed E-state index contributed by atoms with van der Waals surface area (Å²) in [7, 11) is 0. The highest BCUT2D eigenvalue weighted by Gasteiger charge is 2.19. The maximum Gasteiger partial charge on any atom is 0.164 e. The molecule has 1 aliphatic rings. The molecule has 15 heavy (non-hydrogen) atoms. The largest absolute Gasteiger partial charge is 0.294 e. The van der Waals surface area contributed by atoms with E-state index in [1.807, 2.05) is 30.1 Å². The van der Waals surface area contributed by atoms with Crippen molar-refractivity contribution in [1.29, 1.82) is 0 Å². The van der Waals surface area contributed by atoms with Gasteiger partial charge in [0.15, 0.2) is 5.78 Å². The third kappa shape index (κ3) is 2.85. The molecule has 1 saturated heterocycles. The lowest BCUT2D eigenvalue weighted by Gasteiger charge is -2.20. The number of hydrogen-bond donors (Lipinski definition) is 0. The fourth-order valence-corrected chi connectivity index (χ4v) is 3.92. The van der Waals surface area contributed by atoms with Crippen molar-refractivity contribution in [2.75, 3.05) is 11.5 Å². The first kappa shape index (κ1) is 11.2. The zero-order valence-electron chi connectivity index (χ0n) is 8.99. The lowest BCUT2D eigenvalue weighted by Crippen LogP contribution is -2.14. The topological polar surface area (TPSA) is 17.1 Å². The van der Waals surface area contributed by atoms with Crippen LogP contribution in [0.25, 0.3) is 0 Å². The number of Topliss-reactive ketones (excluding diaryl/α,β-unsaturated/α-hetero) is 1. The van der Waals surface area contributed by atoms with E-state index in [1.165, 1.54) is 29.2 Å². The zero-order valence-corrected chi connectivity index (χ0v) is 10.6. The van der Waals surface area contributed by atoms with Gasteiger partial charge in [0.1, 0.15) is 0 Å². The molecular weight excluding hydrogens is 224 g/mol. The Kier molecular flexibility index (Phi) is 3.87. The van der Waals surface area contributed by atoms with Crippen LogP contribution in [0.15, 0.2) is 11.4 Å². The number of hydrogen-bond acceptors (Lipinski definition) is 3. The molecule has 0 spiro atoms. The lowest BCUT2D eigenvalue weighted by atomic mass is 9.94. The first-order chi connectivity index (χ1) is 7.27. The first-order valence-electron chi connectivity index (χ1n) is 5.42. The van der Waals surface area contributed by atoms with E-state index >= 15 is 0 Å². The summed E-state index contributed by atoms with van der Waals surface area (Å²) in [4.78, 5) is 13.2. The van der Waals surface area contributed by atoms with Gasteiger partial charge < -0.3 is 0 Å². The van der Waals surface area contributed by atoms with Gasteiger partial charge in [-0.1, -0.05) is 0 Å². The summed E-state index contributed by atoms with van der Waals surface area (Å²) in [5, 5.41) is 2.01. The molecule has 1 nitrogen and oxygen atoms in total. The quantitative estimate of drug-likeness (QED) is 0.748. The predicted octanol–water partition coefficient (Wildman–Crippen LogP) is 3.77. The van der Waals surface area contributed by atoms with Crippen LogP contribution in [0, 0.1) is 12.8 Å². The molecule has 3 heteroatoms. The fourth-order valence-electron chi connectivity index (χ4n) is 2.00. The molecule has 0 bridgehead atoms. The van der Waals surface area contributed by atoms with Crippen molar-refractivity contribution in [3.63, 3.8) is 0 Å². The molecule has 0 aliphatic carbocycles. The Hall–Kier alpha value is -0.280. The second-order valence-corrected chi connectivity index (χ2v) is 6.42. The molecule has 1 aromatic heterocycles. The van der Waals surface area contributed by atoms with Crippen LogP contribution in [0.4, 0.5) is 0 Å². The van der Waals surface area contributed by atoms with E-state index in [0.717, 1.165) is 12.0 Å². The van der Waals surface area contributed by atoms with E-state index in [2.05, 4.69) is 0 Å². The molecule has 2 heterocycles. The van der Waals surface area contributed by atoms with Crippen LogP contribution in [-0.2, 0) is 0 Å². The Bertz CT molecular complexity index is 337. The minimum absolute atomic E-state index is 0.352. The molecule has 0 N–H and O–H groups in total. The molecule has 2 rings (SSSR count). The Morgan fingerprint density at radius 2 is 2.20 bits per heavy atom. The molecule has 1 aromatic rings. The smallest absolute Gasteiger partial charge is 0.164 e. The summed E-state index contributed by atoms with van der Waals surface area (Å²) >= 11 is 3.69. The highest BCUT2D eigenvalue weighted by atomic mass is 32.2. The van der Waals surface area contributed by atoms with Crippen molar-refractivity contribution in [2.45, 2.75) is 26.2 Å². The number of carbonyl (C=O) groups excluding carboxylic acids is 1. The van der Waals surface area contributed by atoms with E-state index < -0.39 is 0 Å². The maximum absolute atomic E-state index is 12.0. The van der Waals surface area contributed by atoms with Gasteiger partial charge in [0.25, 0.3) is 0 Å². The van der Waals surface area contributed by atoms with Crippen molar-refractivity contribution in [3.05, 3.63) is 21.9 Å². The highest BCUT2D eigenvalue weighted by Crippen LogP contribution is 2.27. The van der Waals surface area contributed by atoms with Crippen LogP contribution >= 0.6 is 23.1 Å². The molecule has 0 unspecified atom stereocenters. The number of ketones is 1. The average Bonchev–Trinajstić information content (AvgIpc) is 2.66. The predicted molar refractivity (Wildman–Crippen MR) is 68.1 cm³/mol.